The van der Waals surface area contributed by atoms with Gasteiger partial charge in [-0.25, -0.2) is 0 Å². The van der Waals surface area contributed by atoms with E-state index in [9.17, 15) is 4.79 Å². The fourth-order valence-corrected chi connectivity index (χ4v) is 2.32. The Balaban J connectivity index is 1.75. The van der Waals surface area contributed by atoms with Crippen molar-refractivity contribution >= 4 is 17.8 Å². The molecular formula is C16H15N3O. The maximum Gasteiger partial charge on any atom is 0.237 e. The summed E-state index contributed by atoms with van der Waals surface area (Å²) in [5.74, 6) is -0.317. The summed E-state index contributed by atoms with van der Waals surface area (Å²) in [7, 11) is 0. The van der Waals surface area contributed by atoms with Crippen LogP contribution in [0.2, 0.25) is 0 Å². The van der Waals surface area contributed by atoms with Gasteiger partial charge in [-0.1, -0.05) is 24.3 Å². The van der Waals surface area contributed by atoms with Crippen LogP contribution in [0.1, 0.15) is 22.9 Å². The number of fused-ring (bicyclic) bond motifs is 1. The highest BCUT2D eigenvalue weighted by atomic mass is 16.2. The van der Waals surface area contributed by atoms with Crippen molar-refractivity contribution in [2.45, 2.75) is 19.4 Å². The highest BCUT2D eigenvalue weighted by molar-refractivity contribution is 6.12. The van der Waals surface area contributed by atoms with Gasteiger partial charge >= 0.3 is 0 Å². The average Bonchev–Trinajstić information content (AvgIpc) is 2.75. The Labute approximate surface area is 117 Å². The first kappa shape index (κ1) is 12.5. The number of nitrogens with one attached hydrogen (secondary N) is 1. The minimum Gasteiger partial charge on any atom is -0.325 e. The molecule has 1 aromatic heterocycles. The highest BCUT2D eigenvalue weighted by Crippen LogP contribution is 2.30. The number of carbonyl (C=O) groups is 1. The number of aryl methyl sites for hydroxylation is 1. The van der Waals surface area contributed by atoms with E-state index in [-0.39, 0.29) is 11.8 Å². The first-order valence-electron chi connectivity index (χ1n) is 6.56. The van der Waals surface area contributed by atoms with Gasteiger partial charge < -0.3 is 5.32 Å². The van der Waals surface area contributed by atoms with Crippen LogP contribution >= 0.6 is 0 Å². The van der Waals surface area contributed by atoms with Gasteiger partial charge in [-0.05, 0) is 30.7 Å². The van der Waals surface area contributed by atoms with Crippen LogP contribution in [0.4, 0.5) is 5.69 Å². The zero-order valence-corrected chi connectivity index (χ0v) is 11.2. The molecule has 0 aliphatic carbocycles. The number of hydrogen-bond donors (Lipinski definition) is 1. The molecule has 4 heteroatoms. The standard InChI is InChI=1S/C16H15N3O/c1-11-5-4-6-12(18-11)9-17-10-14-13-7-2-3-8-15(13)19-16(14)20/h2-8,10,14H,9H2,1H3,(H,19,20). The van der Waals surface area contributed by atoms with Gasteiger partial charge in [0.1, 0.15) is 5.92 Å². The molecule has 0 fully saturated rings. The third kappa shape index (κ3) is 2.45. The molecule has 0 spiro atoms. The molecule has 0 bridgehead atoms. The van der Waals surface area contributed by atoms with Crippen molar-refractivity contribution in [3.63, 3.8) is 0 Å². The van der Waals surface area contributed by atoms with Crippen molar-refractivity contribution in [3.8, 4) is 0 Å². The number of anilines is 1. The molecule has 1 aliphatic rings. The van der Waals surface area contributed by atoms with Crippen LogP contribution < -0.4 is 5.32 Å². The Kier molecular flexibility index (Phi) is 3.29. The summed E-state index contributed by atoms with van der Waals surface area (Å²) in [4.78, 5) is 20.7. The number of carbonyl (C=O) groups excluding carboxylic acids is 1. The summed E-state index contributed by atoms with van der Waals surface area (Å²) in [5, 5.41) is 2.86. The van der Waals surface area contributed by atoms with E-state index in [4.69, 9.17) is 0 Å². The summed E-state index contributed by atoms with van der Waals surface area (Å²) in [6.45, 7) is 2.45. The SMILES string of the molecule is Cc1cccc(CN=CC2C(=O)Nc3ccccc32)n1. The number of para-hydroxylation sites is 1. The van der Waals surface area contributed by atoms with Crippen molar-refractivity contribution < 1.29 is 4.79 Å². The van der Waals surface area contributed by atoms with Gasteiger partial charge in [0.05, 0.1) is 12.2 Å². The van der Waals surface area contributed by atoms with E-state index >= 15 is 0 Å². The molecule has 1 aliphatic heterocycles. The molecule has 4 nitrogen and oxygen atoms in total. The summed E-state index contributed by atoms with van der Waals surface area (Å²) in [5.41, 5.74) is 3.75. The second-order valence-corrected chi connectivity index (χ2v) is 4.81. The van der Waals surface area contributed by atoms with E-state index in [0.717, 1.165) is 22.6 Å². The molecule has 1 unspecified atom stereocenters. The maximum atomic E-state index is 11.9. The van der Waals surface area contributed by atoms with Crippen LogP contribution in [-0.2, 0) is 11.3 Å². The summed E-state index contributed by atoms with van der Waals surface area (Å²) < 4.78 is 0. The van der Waals surface area contributed by atoms with E-state index in [1.165, 1.54) is 0 Å². The van der Waals surface area contributed by atoms with Crippen molar-refractivity contribution in [2.24, 2.45) is 4.99 Å². The Morgan fingerprint density at radius 1 is 1.25 bits per heavy atom. The molecule has 1 amide bonds. The molecule has 0 saturated heterocycles. The lowest BCUT2D eigenvalue weighted by Gasteiger charge is -2.02. The molecule has 1 atom stereocenters. The van der Waals surface area contributed by atoms with E-state index in [1.54, 1.807) is 6.21 Å². The van der Waals surface area contributed by atoms with Gasteiger partial charge in [-0.2, -0.15) is 0 Å². The van der Waals surface area contributed by atoms with Gasteiger partial charge in [0, 0.05) is 17.6 Å². The van der Waals surface area contributed by atoms with E-state index in [2.05, 4.69) is 15.3 Å². The molecule has 3 rings (SSSR count). The molecule has 1 aromatic carbocycles. The maximum absolute atomic E-state index is 11.9. The Bertz CT molecular complexity index is 679. The number of amides is 1. The topological polar surface area (TPSA) is 54.4 Å². The number of aliphatic imine (C=N–C) groups is 1. The smallest absolute Gasteiger partial charge is 0.237 e. The molecule has 100 valence electrons. The van der Waals surface area contributed by atoms with Gasteiger partial charge in [0.25, 0.3) is 0 Å². The number of hydrogen-bond acceptors (Lipinski definition) is 3. The predicted molar refractivity (Wildman–Crippen MR) is 79.0 cm³/mol. The largest absolute Gasteiger partial charge is 0.325 e. The molecule has 0 radical (unpaired) electrons. The first-order valence-corrected chi connectivity index (χ1v) is 6.56. The molecule has 1 N–H and O–H groups in total. The number of aromatic nitrogens is 1. The number of pyridine rings is 1. The van der Waals surface area contributed by atoms with Crippen molar-refractivity contribution in [1.29, 1.82) is 0 Å². The molecule has 0 saturated carbocycles. The van der Waals surface area contributed by atoms with Gasteiger partial charge in [0.15, 0.2) is 0 Å². The van der Waals surface area contributed by atoms with Crippen LogP contribution in [0, 0.1) is 6.92 Å². The minimum atomic E-state index is -0.295. The fourth-order valence-electron chi connectivity index (χ4n) is 2.32. The van der Waals surface area contributed by atoms with Crippen LogP contribution in [0.15, 0.2) is 47.5 Å². The fraction of sp³-hybridized carbons (Fsp3) is 0.188. The lowest BCUT2D eigenvalue weighted by molar-refractivity contribution is -0.115. The summed E-state index contributed by atoms with van der Waals surface area (Å²) >= 11 is 0. The Morgan fingerprint density at radius 2 is 2.10 bits per heavy atom. The normalized spacial score (nSPS) is 17.2. The van der Waals surface area contributed by atoms with Crippen molar-refractivity contribution in [3.05, 3.63) is 59.4 Å². The lowest BCUT2D eigenvalue weighted by atomic mass is 10.0. The Hall–Kier alpha value is -2.49. The third-order valence-corrected chi connectivity index (χ3v) is 3.29. The van der Waals surface area contributed by atoms with Crippen LogP contribution in [0.3, 0.4) is 0 Å². The monoisotopic (exact) mass is 265 g/mol. The molecular weight excluding hydrogens is 250 g/mol. The quantitative estimate of drug-likeness (QED) is 0.867. The predicted octanol–water partition coefficient (Wildman–Crippen LogP) is 2.70. The van der Waals surface area contributed by atoms with E-state index in [1.807, 2.05) is 49.4 Å². The van der Waals surface area contributed by atoms with Gasteiger partial charge in [-0.3, -0.25) is 14.8 Å². The Morgan fingerprint density at radius 3 is 2.95 bits per heavy atom. The minimum absolute atomic E-state index is 0.0212. The number of nitrogens with zero attached hydrogens (tertiary/aromatic N) is 2. The molecule has 2 aromatic rings. The average molecular weight is 265 g/mol. The zero-order valence-electron chi connectivity index (χ0n) is 11.2. The van der Waals surface area contributed by atoms with Crippen LogP contribution in [0.5, 0.6) is 0 Å². The van der Waals surface area contributed by atoms with Gasteiger partial charge in [-0.15, -0.1) is 0 Å². The lowest BCUT2D eigenvalue weighted by Crippen LogP contribution is -2.13. The van der Waals surface area contributed by atoms with Crippen molar-refractivity contribution in [1.82, 2.24) is 4.98 Å². The van der Waals surface area contributed by atoms with E-state index in [0.29, 0.717) is 6.54 Å². The first-order chi connectivity index (χ1) is 9.74. The zero-order chi connectivity index (χ0) is 13.9. The molecule has 2 heterocycles. The second-order valence-electron chi connectivity index (χ2n) is 4.81. The van der Waals surface area contributed by atoms with Crippen LogP contribution in [0.25, 0.3) is 0 Å². The summed E-state index contributed by atoms with van der Waals surface area (Å²) in [6, 6.07) is 13.6. The van der Waals surface area contributed by atoms with Crippen molar-refractivity contribution in [2.75, 3.05) is 5.32 Å². The van der Waals surface area contributed by atoms with E-state index < -0.39 is 0 Å². The summed E-state index contributed by atoms with van der Waals surface area (Å²) in [6.07, 6.45) is 1.71. The number of benzene rings is 1. The van der Waals surface area contributed by atoms with Gasteiger partial charge in [0.2, 0.25) is 5.91 Å². The number of rotatable bonds is 3. The second kappa shape index (κ2) is 5.25. The van der Waals surface area contributed by atoms with Crippen LogP contribution in [-0.4, -0.2) is 17.1 Å². The highest BCUT2D eigenvalue weighted by Gasteiger charge is 2.28. The molecule has 20 heavy (non-hydrogen) atoms. The third-order valence-electron chi connectivity index (χ3n) is 3.29.